The van der Waals surface area contributed by atoms with Gasteiger partial charge in [0.05, 0.1) is 5.69 Å². The standard InChI is InChI=1S/C21H31N3/c1-5-24-20(17-10-12-22-13-11-17)15-19(23-24)14-16-6-8-18(9-7-16)21(2,3)4/h6-9,15,17,22H,5,10-14H2,1-4H3. The second-order valence-corrected chi connectivity index (χ2v) is 8.02. The fourth-order valence-corrected chi connectivity index (χ4v) is 3.60. The van der Waals surface area contributed by atoms with E-state index >= 15 is 0 Å². The van der Waals surface area contributed by atoms with Gasteiger partial charge in [-0.1, -0.05) is 45.0 Å². The number of piperidine rings is 1. The molecule has 1 fully saturated rings. The first-order valence-electron chi connectivity index (χ1n) is 9.34. The van der Waals surface area contributed by atoms with E-state index in [0.29, 0.717) is 5.92 Å². The zero-order valence-electron chi connectivity index (χ0n) is 15.6. The zero-order valence-corrected chi connectivity index (χ0v) is 15.6. The van der Waals surface area contributed by atoms with E-state index in [4.69, 9.17) is 5.10 Å². The van der Waals surface area contributed by atoms with Crippen molar-refractivity contribution >= 4 is 0 Å². The number of nitrogens with one attached hydrogen (secondary N) is 1. The van der Waals surface area contributed by atoms with Gasteiger partial charge in [0.1, 0.15) is 0 Å². The van der Waals surface area contributed by atoms with Crippen molar-refractivity contribution in [2.24, 2.45) is 0 Å². The third-order valence-electron chi connectivity index (χ3n) is 5.12. The lowest BCUT2D eigenvalue weighted by Crippen LogP contribution is -2.27. The van der Waals surface area contributed by atoms with Gasteiger partial charge in [0, 0.05) is 24.6 Å². The molecule has 1 aliphatic heterocycles. The Kier molecular flexibility index (Phi) is 5.09. The Morgan fingerprint density at radius 3 is 2.38 bits per heavy atom. The minimum Gasteiger partial charge on any atom is -0.317 e. The summed E-state index contributed by atoms with van der Waals surface area (Å²) in [5, 5.41) is 8.32. The summed E-state index contributed by atoms with van der Waals surface area (Å²) in [6.45, 7) is 12.2. The van der Waals surface area contributed by atoms with Gasteiger partial charge in [0.25, 0.3) is 0 Å². The monoisotopic (exact) mass is 325 g/mol. The summed E-state index contributed by atoms with van der Waals surface area (Å²) in [5.41, 5.74) is 5.58. The van der Waals surface area contributed by atoms with Gasteiger partial charge in [0.2, 0.25) is 0 Å². The summed E-state index contributed by atoms with van der Waals surface area (Å²) in [7, 11) is 0. The molecule has 1 aromatic heterocycles. The van der Waals surface area contributed by atoms with Crippen molar-refractivity contribution in [1.29, 1.82) is 0 Å². The normalized spacial score (nSPS) is 16.5. The predicted octanol–water partition coefficient (Wildman–Crippen LogP) is 4.26. The quantitative estimate of drug-likeness (QED) is 0.910. The van der Waals surface area contributed by atoms with E-state index < -0.39 is 0 Å². The maximum atomic E-state index is 4.87. The highest BCUT2D eigenvalue weighted by molar-refractivity contribution is 5.30. The predicted molar refractivity (Wildman–Crippen MR) is 101 cm³/mol. The molecule has 3 nitrogen and oxygen atoms in total. The first-order valence-corrected chi connectivity index (χ1v) is 9.34. The van der Waals surface area contributed by atoms with Crippen LogP contribution in [0.2, 0.25) is 0 Å². The minimum atomic E-state index is 0.213. The van der Waals surface area contributed by atoms with Crippen molar-refractivity contribution in [3.8, 4) is 0 Å². The van der Waals surface area contributed by atoms with Gasteiger partial charge in [0.15, 0.2) is 0 Å². The van der Waals surface area contributed by atoms with Crippen LogP contribution in [0.3, 0.4) is 0 Å². The molecule has 2 aromatic rings. The fraction of sp³-hybridized carbons (Fsp3) is 0.571. The molecule has 130 valence electrons. The van der Waals surface area contributed by atoms with Crippen LogP contribution < -0.4 is 5.32 Å². The average Bonchev–Trinajstić information content (AvgIpc) is 2.98. The van der Waals surface area contributed by atoms with Crippen LogP contribution in [0.1, 0.15) is 69.0 Å². The van der Waals surface area contributed by atoms with E-state index in [2.05, 4.69) is 68.0 Å². The lowest BCUT2D eigenvalue weighted by molar-refractivity contribution is 0.432. The number of aryl methyl sites for hydroxylation is 1. The summed E-state index contributed by atoms with van der Waals surface area (Å²) in [5.74, 6) is 0.663. The number of rotatable bonds is 4. The summed E-state index contributed by atoms with van der Waals surface area (Å²) >= 11 is 0. The Bertz CT molecular complexity index is 655. The van der Waals surface area contributed by atoms with E-state index in [1.165, 1.54) is 35.4 Å². The molecule has 2 heterocycles. The molecule has 0 atom stereocenters. The second-order valence-electron chi connectivity index (χ2n) is 8.02. The molecule has 0 saturated carbocycles. The minimum absolute atomic E-state index is 0.213. The Hall–Kier alpha value is -1.61. The molecule has 24 heavy (non-hydrogen) atoms. The van der Waals surface area contributed by atoms with Gasteiger partial charge in [-0.2, -0.15) is 5.10 Å². The number of nitrogens with zero attached hydrogens (tertiary/aromatic N) is 2. The molecule has 3 rings (SSSR count). The van der Waals surface area contributed by atoms with Crippen LogP contribution in [0.25, 0.3) is 0 Å². The Balaban J connectivity index is 1.76. The zero-order chi connectivity index (χ0) is 17.2. The average molecular weight is 326 g/mol. The van der Waals surface area contributed by atoms with Crippen molar-refractivity contribution in [2.45, 2.75) is 64.8 Å². The molecule has 1 saturated heterocycles. The molecule has 1 aliphatic rings. The van der Waals surface area contributed by atoms with Crippen LogP contribution in [-0.4, -0.2) is 22.9 Å². The van der Waals surface area contributed by atoms with Crippen molar-refractivity contribution in [3.63, 3.8) is 0 Å². The van der Waals surface area contributed by atoms with Crippen LogP contribution in [0.4, 0.5) is 0 Å². The Morgan fingerprint density at radius 2 is 1.79 bits per heavy atom. The lowest BCUT2D eigenvalue weighted by Gasteiger charge is -2.23. The summed E-state index contributed by atoms with van der Waals surface area (Å²) in [6.07, 6.45) is 3.38. The molecular weight excluding hydrogens is 294 g/mol. The van der Waals surface area contributed by atoms with Crippen LogP contribution in [0, 0.1) is 0 Å². The van der Waals surface area contributed by atoms with Crippen molar-refractivity contribution in [2.75, 3.05) is 13.1 Å². The number of aromatic nitrogens is 2. The van der Waals surface area contributed by atoms with Gasteiger partial charge in [-0.3, -0.25) is 4.68 Å². The SMILES string of the molecule is CCn1nc(Cc2ccc(C(C)(C)C)cc2)cc1C1CCNCC1. The largest absolute Gasteiger partial charge is 0.317 e. The molecule has 0 bridgehead atoms. The van der Waals surface area contributed by atoms with Gasteiger partial charge in [-0.15, -0.1) is 0 Å². The lowest BCUT2D eigenvalue weighted by atomic mass is 9.86. The Morgan fingerprint density at radius 1 is 1.12 bits per heavy atom. The van der Waals surface area contributed by atoms with Crippen LogP contribution >= 0.6 is 0 Å². The van der Waals surface area contributed by atoms with Crippen molar-refractivity contribution in [3.05, 3.63) is 52.8 Å². The number of hydrogen-bond donors (Lipinski definition) is 1. The van der Waals surface area contributed by atoms with Gasteiger partial charge >= 0.3 is 0 Å². The summed E-state index contributed by atoms with van der Waals surface area (Å²) < 4.78 is 2.22. The maximum Gasteiger partial charge on any atom is 0.0671 e. The molecule has 0 radical (unpaired) electrons. The van der Waals surface area contributed by atoms with Gasteiger partial charge in [-0.05, 0) is 55.5 Å². The molecule has 1 N–H and O–H groups in total. The van der Waals surface area contributed by atoms with Crippen molar-refractivity contribution in [1.82, 2.24) is 15.1 Å². The van der Waals surface area contributed by atoms with E-state index in [0.717, 1.165) is 26.1 Å². The molecular formula is C21H31N3. The number of benzene rings is 1. The smallest absolute Gasteiger partial charge is 0.0671 e. The molecule has 1 aromatic carbocycles. The number of hydrogen-bond acceptors (Lipinski definition) is 2. The third-order valence-corrected chi connectivity index (χ3v) is 5.12. The highest BCUT2D eigenvalue weighted by Crippen LogP contribution is 2.27. The topological polar surface area (TPSA) is 29.9 Å². The van der Waals surface area contributed by atoms with E-state index in [-0.39, 0.29) is 5.41 Å². The third kappa shape index (κ3) is 3.89. The highest BCUT2D eigenvalue weighted by Gasteiger charge is 2.20. The van der Waals surface area contributed by atoms with Crippen LogP contribution in [0.15, 0.2) is 30.3 Å². The first kappa shape index (κ1) is 17.2. The molecule has 0 amide bonds. The van der Waals surface area contributed by atoms with E-state index in [9.17, 15) is 0 Å². The molecule has 0 spiro atoms. The fourth-order valence-electron chi connectivity index (χ4n) is 3.60. The molecule has 0 unspecified atom stereocenters. The van der Waals surface area contributed by atoms with E-state index in [1.807, 2.05) is 0 Å². The second kappa shape index (κ2) is 7.10. The van der Waals surface area contributed by atoms with Gasteiger partial charge < -0.3 is 5.32 Å². The molecule has 0 aliphatic carbocycles. The van der Waals surface area contributed by atoms with E-state index in [1.54, 1.807) is 0 Å². The Labute approximate surface area is 146 Å². The summed E-state index contributed by atoms with van der Waals surface area (Å²) in [6, 6.07) is 11.4. The van der Waals surface area contributed by atoms with Crippen LogP contribution in [0.5, 0.6) is 0 Å². The van der Waals surface area contributed by atoms with Crippen LogP contribution in [-0.2, 0) is 18.4 Å². The maximum absolute atomic E-state index is 4.87. The first-order chi connectivity index (χ1) is 11.5. The van der Waals surface area contributed by atoms with Gasteiger partial charge in [-0.25, -0.2) is 0 Å². The van der Waals surface area contributed by atoms with Crippen molar-refractivity contribution < 1.29 is 0 Å². The summed E-state index contributed by atoms with van der Waals surface area (Å²) in [4.78, 5) is 0. The highest BCUT2D eigenvalue weighted by atomic mass is 15.3. The molecule has 3 heteroatoms.